The van der Waals surface area contributed by atoms with Crippen molar-refractivity contribution in [1.82, 2.24) is 19.4 Å². The second-order valence-corrected chi connectivity index (χ2v) is 8.39. The highest BCUT2D eigenvalue weighted by atomic mass is 19.4. The molecule has 2 saturated carbocycles. The molecular weight excluding hydrogens is 383 g/mol. The molecule has 3 heterocycles. The molecule has 2 N–H and O–H groups in total. The first-order chi connectivity index (χ1) is 13.9. The number of alkyl halides is 3. The number of nitrogens with zero attached hydrogens (tertiary/aromatic N) is 4. The van der Waals surface area contributed by atoms with Crippen molar-refractivity contribution < 1.29 is 17.9 Å². The standard InChI is InChI=1S/C20H24F3N5O/c1-29-5-4-27-8-13-14(9-27)17(13)28-10-16(26-19(28)11-2-3-11)12-6-15(20(21,22)23)18(24)25-7-12/h6-7,10-11,13-14,17H,2-5,8-9H2,1H3,(H2,24,25)/t13-,14+,17-. The normalized spacial score (nSPS) is 26.7. The monoisotopic (exact) mass is 407 g/mol. The van der Waals surface area contributed by atoms with Crippen LogP contribution in [0.4, 0.5) is 19.0 Å². The van der Waals surface area contributed by atoms with Gasteiger partial charge in [0, 0.05) is 56.7 Å². The molecule has 29 heavy (non-hydrogen) atoms. The molecule has 3 atom stereocenters. The number of hydrogen-bond donors (Lipinski definition) is 1. The number of nitrogen functional groups attached to an aromatic ring is 1. The molecule has 5 rings (SSSR count). The quantitative estimate of drug-likeness (QED) is 0.797. The molecule has 2 aromatic rings. The number of methoxy groups -OCH3 is 1. The Labute approximate surface area is 166 Å². The number of piperidine rings is 1. The summed E-state index contributed by atoms with van der Waals surface area (Å²) in [6.07, 6.45) is 0.949. The Balaban J connectivity index is 1.41. The van der Waals surface area contributed by atoms with Crippen molar-refractivity contribution in [3.8, 4) is 11.3 Å². The predicted molar refractivity (Wildman–Crippen MR) is 101 cm³/mol. The number of hydrogen-bond acceptors (Lipinski definition) is 5. The molecule has 6 nitrogen and oxygen atoms in total. The lowest BCUT2D eigenvalue weighted by atomic mass is 10.1. The van der Waals surface area contributed by atoms with Gasteiger partial charge in [-0.25, -0.2) is 9.97 Å². The average Bonchev–Trinajstić information content (AvgIpc) is 3.55. The van der Waals surface area contributed by atoms with Crippen LogP contribution in [0.5, 0.6) is 0 Å². The van der Waals surface area contributed by atoms with E-state index in [0.29, 0.717) is 35.1 Å². The van der Waals surface area contributed by atoms with Crippen LogP contribution in [0.15, 0.2) is 18.5 Å². The van der Waals surface area contributed by atoms with E-state index in [1.165, 1.54) is 6.20 Å². The topological polar surface area (TPSA) is 69.2 Å². The average molecular weight is 407 g/mol. The first-order valence-corrected chi connectivity index (χ1v) is 10.00. The van der Waals surface area contributed by atoms with E-state index in [1.807, 2.05) is 6.20 Å². The molecule has 0 radical (unpaired) electrons. The van der Waals surface area contributed by atoms with Gasteiger partial charge in [0.1, 0.15) is 11.6 Å². The number of likely N-dealkylation sites (tertiary alicyclic amines) is 1. The highest BCUT2D eigenvalue weighted by molar-refractivity contribution is 5.62. The maximum atomic E-state index is 13.2. The number of aromatic nitrogens is 3. The van der Waals surface area contributed by atoms with E-state index in [1.54, 1.807) is 7.11 Å². The molecule has 1 aliphatic heterocycles. The summed E-state index contributed by atoms with van der Waals surface area (Å²) in [6, 6.07) is 1.46. The summed E-state index contributed by atoms with van der Waals surface area (Å²) in [5, 5.41) is 0. The Morgan fingerprint density at radius 1 is 1.24 bits per heavy atom. The van der Waals surface area contributed by atoms with Gasteiger partial charge in [0.25, 0.3) is 0 Å². The third kappa shape index (κ3) is 3.40. The fourth-order valence-corrected chi connectivity index (χ4v) is 4.67. The van der Waals surface area contributed by atoms with Gasteiger partial charge >= 0.3 is 6.18 Å². The zero-order valence-corrected chi connectivity index (χ0v) is 16.2. The third-order valence-electron chi connectivity index (χ3n) is 6.38. The van der Waals surface area contributed by atoms with E-state index in [-0.39, 0.29) is 0 Å². The summed E-state index contributed by atoms with van der Waals surface area (Å²) >= 11 is 0. The minimum absolute atomic E-state index is 0.361. The molecule has 0 unspecified atom stereocenters. The number of rotatable bonds is 6. The number of fused-ring (bicyclic) bond motifs is 1. The van der Waals surface area contributed by atoms with Crippen LogP contribution in [0.25, 0.3) is 11.3 Å². The van der Waals surface area contributed by atoms with Crippen molar-refractivity contribution in [2.24, 2.45) is 11.8 Å². The smallest absolute Gasteiger partial charge is 0.383 e. The molecule has 0 spiro atoms. The summed E-state index contributed by atoms with van der Waals surface area (Å²) in [5.74, 6) is 2.09. The molecule has 0 bridgehead atoms. The first kappa shape index (κ1) is 18.9. The fraction of sp³-hybridized carbons (Fsp3) is 0.600. The van der Waals surface area contributed by atoms with E-state index >= 15 is 0 Å². The minimum atomic E-state index is -4.53. The van der Waals surface area contributed by atoms with Crippen LogP contribution in [0, 0.1) is 11.8 Å². The Bertz CT molecular complexity index is 911. The fourth-order valence-electron chi connectivity index (χ4n) is 4.67. The van der Waals surface area contributed by atoms with Crippen molar-refractivity contribution in [2.45, 2.75) is 31.0 Å². The van der Waals surface area contributed by atoms with Crippen molar-refractivity contribution in [3.63, 3.8) is 0 Å². The molecule has 3 aliphatic rings. The van der Waals surface area contributed by atoms with E-state index < -0.39 is 17.6 Å². The SMILES string of the molecule is COCCN1C[C@@H]2[C@H](C1)[C@@H]2n1cc(-c2cnc(N)c(C(F)(F)F)c2)nc1C1CC1. The molecule has 2 aliphatic carbocycles. The highest BCUT2D eigenvalue weighted by Gasteiger charge is 2.57. The van der Waals surface area contributed by atoms with E-state index in [2.05, 4.69) is 14.5 Å². The van der Waals surface area contributed by atoms with E-state index in [9.17, 15) is 13.2 Å². The summed E-state index contributed by atoms with van der Waals surface area (Å²) in [6.45, 7) is 3.76. The van der Waals surface area contributed by atoms with Gasteiger partial charge < -0.3 is 19.9 Å². The molecule has 9 heteroatoms. The molecule has 3 fully saturated rings. The number of ether oxygens (including phenoxy) is 1. The van der Waals surface area contributed by atoms with Crippen molar-refractivity contribution in [1.29, 1.82) is 0 Å². The number of anilines is 1. The number of nitrogens with two attached hydrogens (primary N) is 1. The Morgan fingerprint density at radius 3 is 2.59 bits per heavy atom. The predicted octanol–water partition coefficient (Wildman–Crippen LogP) is 3.17. The van der Waals surface area contributed by atoms with Crippen LogP contribution in [0.2, 0.25) is 0 Å². The van der Waals surface area contributed by atoms with Gasteiger partial charge in [-0.3, -0.25) is 0 Å². The summed E-state index contributed by atoms with van der Waals surface area (Å²) in [5.41, 5.74) is 5.45. The lowest BCUT2D eigenvalue weighted by molar-refractivity contribution is -0.137. The van der Waals surface area contributed by atoms with Gasteiger partial charge in [-0.05, 0) is 30.7 Å². The van der Waals surface area contributed by atoms with Crippen LogP contribution in [0.1, 0.15) is 36.2 Å². The first-order valence-electron chi connectivity index (χ1n) is 10.00. The molecule has 0 amide bonds. The molecule has 0 aromatic carbocycles. The Kier molecular flexibility index (Phi) is 4.36. The van der Waals surface area contributed by atoms with E-state index in [0.717, 1.165) is 51.0 Å². The summed E-state index contributed by atoms with van der Waals surface area (Å²) in [4.78, 5) is 10.9. The van der Waals surface area contributed by atoms with Gasteiger partial charge in [-0.2, -0.15) is 13.2 Å². The highest BCUT2D eigenvalue weighted by Crippen LogP contribution is 2.57. The zero-order chi connectivity index (χ0) is 20.3. The maximum Gasteiger partial charge on any atom is 0.419 e. The Morgan fingerprint density at radius 2 is 1.97 bits per heavy atom. The summed E-state index contributed by atoms with van der Waals surface area (Å²) in [7, 11) is 1.71. The van der Waals surface area contributed by atoms with Gasteiger partial charge in [0.2, 0.25) is 0 Å². The molecule has 1 saturated heterocycles. The minimum Gasteiger partial charge on any atom is -0.383 e. The van der Waals surface area contributed by atoms with Gasteiger partial charge in [0.15, 0.2) is 0 Å². The maximum absolute atomic E-state index is 13.2. The van der Waals surface area contributed by atoms with Crippen molar-refractivity contribution in [3.05, 3.63) is 29.8 Å². The van der Waals surface area contributed by atoms with Crippen LogP contribution in [0.3, 0.4) is 0 Å². The number of imidazole rings is 1. The second-order valence-electron chi connectivity index (χ2n) is 8.39. The third-order valence-corrected chi connectivity index (χ3v) is 6.38. The lowest BCUT2D eigenvalue weighted by Gasteiger charge is -2.20. The van der Waals surface area contributed by atoms with Gasteiger partial charge in [0.05, 0.1) is 17.9 Å². The summed E-state index contributed by atoms with van der Waals surface area (Å²) < 4.78 is 47.1. The molecule has 2 aromatic heterocycles. The number of pyridine rings is 1. The zero-order valence-electron chi connectivity index (χ0n) is 16.2. The largest absolute Gasteiger partial charge is 0.419 e. The van der Waals surface area contributed by atoms with Crippen molar-refractivity contribution in [2.75, 3.05) is 39.1 Å². The molecular formula is C20H24F3N5O. The van der Waals surface area contributed by atoms with Crippen molar-refractivity contribution >= 4 is 5.82 Å². The Hall–Kier alpha value is -2.13. The van der Waals surface area contributed by atoms with Crippen LogP contribution < -0.4 is 5.73 Å². The van der Waals surface area contributed by atoms with Gasteiger partial charge in [-0.15, -0.1) is 0 Å². The van der Waals surface area contributed by atoms with Crippen LogP contribution in [-0.2, 0) is 10.9 Å². The lowest BCUT2D eigenvalue weighted by Crippen LogP contribution is -2.28. The number of halogens is 3. The van der Waals surface area contributed by atoms with Crippen LogP contribution >= 0.6 is 0 Å². The second kappa shape index (κ2) is 6.70. The molecule has 156 valence electrons. The van der Waals surface area contributed by atoms with E-state index in [4.69, 9.17) is 15.5 Å². The van der Waals surface area contributed by atoms with Crippen LogP contribution in [-0.4, -0.2) is 52.8 Å². The van der Waals surface area contributed by atoms with Gasteiger partial charge in [-0.1, -0.05) is 0 Å².